The second-order valence-electron chi connectivity index (χ2n) is 8.76. The first-order valence-corrected chi connectivity index (χ1v) is 15.0. The van der Waals surface area contributed by atoms with Gasteiger partial charge in [0.15, 0.2) is 0 Å². The Labute approximate surface area is 246 Å². The van der Waals surface area contributed by atoms with E-state index in [0.29, 0.717) is 0 Å². The Morgan fingerprint density at radius 3 is 1.26 bits per heavy atom. The van der Waals surface area contributed by atoms with E-state index in [1.807, 2.05) is 0 Å². The van der Waals surface area contributed by atoms with Crippen LogP contribution in [0.5, 0.6) is 0 Å². The molecule has 214 valence electrons. The fourth-order valence-corrected chi connectivity index (χ4v) is 7.08. The van der Waals surface area contributed by atoms with Crippen molar-refractivity contribution in [1.29, 1.82) is 0 Å². The molecule has 2 aromatic heterocycles. The maximum absolute atomic E-state index is 12.3. The molecule has 0 amide bonds. The molecule has 0 bridgehead atoms. The molecule has 0 fully saturated rings. The lowest BCUT2D eigenvalue weighted by atomic mass is 9.95. The Kier molecular flexibility index (Phi) is 7.17. The minimum Gasteiger partial charge on any atom is -0.477 e. The molecule has 0 aliphatic heterocycles. The van der Waals surface area contributed by atoms with E-state index < -0.39 is 53.4 Å². The van der Waals surface area contributed by atoms with Gasteiger partial charge in [-0.2, -0.15) is 16.8 Å². The summed E-state index contributed by atoms with van der Waals surface area (Å²) in [5, 5.41) is 19.1. The van der Waals surface area contributed by atoms with Crippen LogP contribution in [0.3, 0.4) is 0 Å². The lowest BCUT2D eigenvalue weighted by molar-refractivity contribution is 0.0680. The number of aromatic nitrogens is 2. The molecule has 16 heteroatoms. The van der Waals surface area contributed by atoms with E-state index in [4.69, 9.17) is 23.2 Å². The van der Waals surface area contributed by atoms with Crippen LogP contribution < -0.4 is 0 Å². The maximum Gasteiger partial charge on any atom is 0.354 e. The molecule has 5 rings (SSSR count). The van der Waals surface area contributed by atoms with Gasteiger partial charge >= 0.3 is 11.9 Å². The van der Waals surface area contributed by atoms with Crippen LogP contribution in [0.15, 0.2) is 70.5 Å². The van der Waals surface area contributed by atoms with E-state index in [2.05, 4.69) is 9.97 Å². The number of nitrogens with zero attached hydrogens (tertiary/aromatic N) is 2. The second-order valence-corrected chi connectivity index (χ2v) is 12.3. The van der Waals surface area contributed by atoms with Crippen molar-refractivity contribution < 1.29 is 45.7 Å². The van der Waals surface area contributed by atoms with Crippen molar-refractivity contribution in [3.63, 3.8) is 0 Å². The zero-order valence-electron chi connectivity index (χ0n) is 20.5. The number of benzene rings is 3. The fraction of sp³-hybridized carbons (Fsp3) is 0. The third-order valence-corrected chi connectivity index (χ3v) is 8.99. The van der Waals surface area contributed by atoms with E-state index in [9.17, 15) is 45.7 Å². The third-order valence-electron chi connectivity index (χ3n) is 6.23. The summed E-state index contributed by atoms with van der Waals surface area (Å²) in [5.74, 6) is -3.08. The monoisotopic (exact) mass is 648 g/mol. The van der Waals surface area contributed by atoms with Gasteiger partial charge in [-0.15, -0.1) is 0 Å². The Morgan fingerprint density at radius 1 is 0.595 bits per heavy atom. The van der Waals surface area contributed by atoms with E-state index in [1.54, 1.807) is 0 Å². The van der Waals surface area contributed by atoms with E-state index >= 15 is 0 Å². The smallest absolute Gasteiger partial charge is 0.354 e. The highest BCUT2D eigenvalue weighted by molar-refractivity contribution is 7.86. The van der Waals surface area contributed by atoms with Crippen molar-refractivity contribution in [1.82, 2.24) is 9.97 Å². The van der Waals surface area contributed by atoms with Gasteiger partial charge in [0, 0.05) is 21.9 Å². The van der Waals surface area contributed by atoms with E-state index in [-0.39, 0.29) is 54.1 Å². The van der Waals surface area contributed by atoms with Crippen molar-refractivity contribution in [2.45, 2.75) is 9.79 Å². The van der Waals surface area contributed by atoms with Gasteiger partial charge in [0.25, 0.3) is 20.2 Å². The molecule has 2 heterocycles. The summed E-state index contributed by atoms with van der Waals surface area (Å²) in [6, 6.07) is 12.6. The summed E-state index contributed by atoms with van der Waals surface area (Å²) in [6.07, 6.45) is 0. The molecule has 0 radical (unpaired) electrons. The average molecular weight is 649 g/mol. The van der Waals surface area contributed by atoms with Crippen LogP contribution in [0, 0.1) is 0 Å². The number of carbonyl (C=O) groups is 2. The number of carboxylic acid groups (broad SMARTS) is 2. The highest BCUT2D eigenvalue weighted by Gasteiger charge is 2.27. The van der Waals surface area contributed by atoms with Crippen molar-refractivity contribution >= 4 is 77.2 Å². The maximum atomic E-state index is 12.3. The normalized spacial score (nSPS) is 12.1. The predicted molar refractivity (Wildman–Crippen MR) is 151 cm³/mol. The highest BCUT2D eigenvalue weighted by Crippen LogP contribution is 2.41. The molecule has 0 atom stereocenters. The number of pyridine rings is 2. The lowest BCUT2D eigenvalue weighted by Crippen LogP contribution is -2.07. The van der Waals surface area contributed by atoms with Crippen molar-refractivity contribution in [3.8, 4) is 22.3 Å². The Bertz CT molecular complexity index is 2080. The molecule has 0 aliphatic rings. The molecule has 0 aliphatic carbocycles. The SMILES string of the molecule is O=C(O)c1cc(-c2cccc(Cl)c2S(=O)(=O)O)c2ccc3c(-c4cccc(Cl)c4S(=O)(=O)O)cc(C(=O)O)nc3c2n1. The molecule has 0 saturated carbocycles. The zero-order valence-corrected chi connectivity index (χ0v) is 23.6. The van der Waals surface area contributed by atoms with Gasteiger partial charge in [0.1, 0.15) is 21.2 Å². The van der Waals surface area contributed by atoms with E-state index in [0.717, 1.165) is 12.1 Å². The average Bonchev–Trinajstić information content (AvgIpc) is 2.89. The number of rotatable bonds is 6. The Morgan fingerprint density at radius 2 is 0.952 bits per heavy atom. The lowest BCUT2D eigenvalue weighted by Gasteiger charge is -2.16. The first-order chi connectivity index (χ1) is 19.6. The molecule has 12 nitrogen and oxygen atoms in total. The van der Waals surface area contributed by atoms with Crippen molar-refractivity contribution in [2.24, 2.45) is 0 Å². The number of carboxylic acids is 2. The van der Waals surface area contributed by atoms with Crippen molar-refractivity contribution in [2.75, 3.05) is 0 Å². The van der Waals surface area contributed by atoms with Gasteiger partial charge in [0.2, 0.25) is 0 Å². The molecule has 3 aromatic carbocycles. The third kappa shape index (κ3) is 5.04. The summed E-state index contributed by atoms with van der Waals surface area (Å²) in [6.45, 7) is 0. The topological polar surface area (TPSA) is 209 Å². The molecule has 0 spiro atoms. The van der Waals surface area contributed by atoms with Gasteiger partial charge in [-0.25, -0.2) is 19.6 Å². The first kappa shape index (κ1) is 29.3. The molecule has 0 saturated heterocycles. The summed E-state index contributed by atoms with van der Waals surface area (Å²) in [5.41, 5.74) is -2.09. The van der Waals surface area contributed by atoms with Gasteiger partial charge in [-0.1, -0.05) is 59.6 Å². The van der Waals surface area contributed by atoms with Crippen LogP contribution in [0.4, 0.5) is 0 Å². The molecular formula is C26H14Cl2N2O10S2. The van der Waals surface area contributed by atoms with Crippen molar-refractivity contribution in [3.05, 3.63) is 82.1 Å². The van der Waals surface area contributed by atoms with Gasteiger partial charge in [-0.3, -0.25) is 9.11 Å². The van der Waals surface area contributed by atoms with Gasteiger partial charge in [0.05, 0.1) is 21.1 Å². The summed E-state index contributed by atoms with van der Waals surface area (Å²) >= 11 is 12.2. The highest BCUT2D eigenvalue weighted by atomic mass is 35.5. The van der Waals surface area contributed by atoms with Crippen LogP contribution in [-0.4, -0.2) is 58.1 Å². The number of aromatic carboxylic acids is 2. The summed E-state index contributed by atoms with van der Waals surface area (Å²) in [4.78, 5) is 31.0. The Balaban J connectivity index is 2.01. The van der Waals surface area contributed by atoms with Crippen LogP contribution in [0.2, 0.25) is 10.0 Å². The second kappa shape index (κ2) is 10.3. The van der Waals surface area contributed by atoms with Crippen LogP contribution in [0.25, 0.3) is 44.1 Å². The van der Waals surface area contributed by atoms with Crippen LogP contribution in [0.1, 0.15) is 21.0 Å². The number of halogens is 2. The molecule has 0 unspecified atom stereocenters. The Hall–Kier alpha value is -4.18. The first-order valence-electron chi connectivity index (χ1n) is 11.4. The number of fused-ring (bicyclic) bond motifs is 3. The number of hydrogen-bond donors (Lipinski definition) is 4. The molecular weight excluding hydrogens is 635 g/mol. The standard InChI is InChI=1S/C26H14Cl2N2O10S2/c27-17-5-1-3-13(23(17)41(35,36)37)15-9-19(25(31)32)29-21-11(15)7-8-12-16(10-20(26(33)34)30-22(12)21)14-4-2-6-18(28)24(14)42(38,39)40/h1-10H,(H,31,32)(H,33,34)(H,35,36,37)(H,38,39,40). The zero-order chi connectivity index (χ0) is 30.7. The molecule has 4 N–H and O–H groups in total. The largest absolute Gasteiger partial charge is 0.477 e. The fourth-order valence-electron chi connectivity index (χ4n) is 4.61. The quantitative estimate of drug-likeness (QED) is 0.136. The summed E-state index contributed by atoms with van der Waals surface area (Å²) < 4.78 is 68.8. The van der Waals surface area contributed by atoms with E-state index in [1.165, 1.54) is 48.5 Å². The van der Waals surface area contributed by atoms with Gasteiger partial charge < -0.3 is 10.2 Å². The summed E-state index contributed by atoms with van der Waals surface area (Å²) in [7, 11) is -9.85. The predicted octanol–water partition coefficient (Wildman–Crippen LogP) is 5.31. The molecule has 5 aromatic rings. The number of hydrogen-bond acceptors (Lipinski definition) is 8. The molecule has 42 heavy (non-hydrogen) atoms. The van der Waals surface area contributed by atoms with Gasteiger partial charge in [-0.05, 0) is 35.4 Å². The minimum absolute atomic E-state index is 0.0557. The van der Waals surface area contributed by atoms with Crippen LogP contribution >= 0.6 is 23.2 Å². The van der Waals surface area contributed by atoms with Crippen LogP contribution in [-0.2, 0) is 20.2 Å². The minimum atomic E-state index is -4.93.